The van der Waals surface area contributed by atoms with Crippen LogP contribution in [-0.4, -0.2) is 46.6 Å². The topological polar surface area (TPSA) is 105 Å². The zero-order valence-corrected chi connectivity index (χ0v) is 31.3. The Bertz CT molecular complexity index is 1950. The fourth-order valence-electron chi connectivity index (χ4n) is 5.16. The molecule has 0 aliphatic heterocycles. The van der Waals surface area contributed by atoms with E-state index in [1.807, 2.05) is 0 Å². The molecule has 1 saturated carbocycles. The maximum Gasteiger partial charge on any atom is 0.424 e. The third kappa shape index (κ3) is 9.13. The summed E-state index contributed by atoms with van der Waals surface area (Å²) in [6, 6.07) is 7.26. The minimum Gasteiger partial charge on any atom is -0.443 e. The summed E-state index contributed by atoms with van der Waals surface area (Å²) in [5, 5.41) is 2.27. The zero-order valence-electron chi connectivity index (χ0n) is 29.0. The molecule has 3 aromatic carbocycles. The number of rotatable bonds is 6. The Morgan fingerprint density at radius 3 is 1.89 bits per heavy atom. The third-order valence-electron chi connectivity index (χ3n) is 7.54. The van der Waals surface area contributed by atoms with Crippen LogP contribution in [-0.2, 0) is 20.4 Å². The number of nitrogens with one attached hydrogen (secondary N) is 1. The number of alkyl halides is 5. The van der Waals surface area contributed by atoms with Crippen molar-refractivity contribution in [2.45, 2.75) is 69.2 Å². The summed E-state index contributed by atoms with van der Waals surface area (Å²) in [6.45, 7) is 8.73. The number of carbonyl (C=O) groups is 4. The van der Waals surface area contributed by atoms with E-state index in [1.54, 1.807) is 0 Å². The molecule has 1 N–H and O–H groups in total. The number of carbonyl (C=O) groups excluding carboxylic acids is 4. The van der Waals surface area contributed by atoms with Crippen LogP contribution in [0, 0.1) is 23.4 Å². The quantitative estimate of drug-likeness (QED) is 0.196. The van der Waals surface area contributed by atoms with Gasteiger partial charge in [0.05, 0.1) is 27.8 Å². The van der Waals surface area contributed by atoms with Crippen molar-refractivity contribution >= 4 is 75.9 Å². The predicted molar refractivity (Wildman–Crippen MR) is 186 cm³/mol. The van der Waals surface area contributed by atoms with Crippen molar-refractivity contribution in [2.75, 3.05) is 22.2 Å². The van der Waals surface area contributed by atoms with Gasteiger partial charge in [-0.05, 0) is 89.6 Å². The van der Waals surface area contributed by atoms with Crippen molar-refractivity contribution in [3.8, 4) is 0 Å². The average Bonchev–Trinajstić information content (AvgIpc) is 3.58. The van der Waals surface area contributed by atoms with Gasteiger partial charge in [-0.15, -0.1) is 23.2 Å². The Morgan fingerprint density at radius 2 is 1.36 bits per heavy atom. The highest BCUT2D eigenvalue weighted by atomic mass is 35.5. The Kier molecular flexibility index (Phi) is 11.4. The summed E-state index contributed by atoms with van der Waals surface area (Å²) in [5.41, 5.74) is -6.35. The number of imide groups is 1. The van der Waals surface area contributed by atoms with Crippen LogP contribution in [0.1, 0.15) is 68.9 Å². The highest BCUT2D eigenvalue weighted by molar-refractivity contribution is 6.53. The van der Waals surface area contributed by atoms with E-state index < -0.39 is 91.9 Å². The van der Waals surface area contributed by atoms with Gasteiger partial charge in [-0.3, -0.25) is 9.59 Å². The minimum atomic E-state index is -5.03. The van der Waals surface area contributed by atoms with E-state index in [4.69, 9.17) is 44.3 Å². The lowest BCUT2D eigenvalue weighted by molar-refractivity contribution is -0.140. The van der Waals surface area contributed by atoms with Crippen molar-refractivity contribution in [3.05, 3.63) is 87.7 Å². The van der Waals surface area contributed by atoms with Crippen molar-refractivity contribution < 1.29 is 55.0 Å². The number of hydrogen-bond acceptors (Lipinski definition) is 6. The van der Waals surface area contributed by atoms with Gasteiger partial charge in [0.15, 0.2) is 11.6 Å². The van der Waals surface area contributed by atoms with Gasteiger partial charge in [-0.2, -0.15) is 18.1 Å². The molecule has 286 valence electrons. The molecule has 4 amide bonds. The molecule has 4 rings (SSSR count). The van der Waals surface area contributed by atoms with E-state index in [0.717, 1.165) is 25.2 Å². The van der Waals surface area contributed by atoms with Crippen molar-refractivity contribution in [1.29, 1.82) is 0 Å². The lowest BCUT2D eigenvalue weighted by Gasteiger charge is -2.29. The molecule has 9 nitrogen and oxygen atoms in total. The molecule has 53 heavy (non-hydrogen) atoms. The van der Waals surface area contributed by atoms with Gasteiger partial charge in [0.2, 0.25) is 5.91 Å². The number of hydrogen-bond donors (Lipinski definition) is 1. The first-order chi connectivity index (χ1) is 24.2. The van der Waals surface area contributed by atoms with E-state index in [2.05, 4.69) is 5.32 Å². The number of ether oxygens (including phenoxy) is 2. The lowest BCUT2D eigenvalue weighted by Crippen LogP contribution is -2.44. The Balaban J connectivity index is 1.64. The largest absolute Gasteiger partial charge is 0.443 e. The van der Waals surface area contributed by atoms with Crippen molar-refractivity contribution in [2.24, 2.45) is 5.92 Å². The highest BCUT2D eigenvalue weighted by Crippen LogP contribution is 2.65. The van der Waals surface area contributed by atoms with Crippen LogP contribution >= 0.6 is 34.8 Å². The molecule has 1 fully saturated rings. The van der Waals surface area contributed by atoms with E-state index in [0.29, 0.717) is 23.1 Å². The molecule has 1 aliphatic rings. The predicted octanol–water partition coefficient (Wildman–Crippen LogP) is 10.3. The summed E-state index contributed by atoms with van der Waals surface area (Å²) < 4.78 is 93.9. The number of nitrogens with zero attached hydrogens (tertiary/aromatic N) is 2. The van der Waals surface area contributed by atoms with Crippen LogP contribution in [0.15, 0.2) is 48.5 Å². The third-order valence-corrected chi connectivity index (χ3v) is 8.81. The highest BCUT2D eigenvalue weighted by Gasteiger charge is 2.67. The number of amides is 4. The Morgan fingerprint density at radius 1 is 0.811 bits per heavy atom. The maximum atomic E-state index is 16.2. The number of anilines is 3. The average molecular weight is 811 g/mol. The number of benzene rings is 3. The first-order valence-electron chi connectivity index (χ1n) is 15.5. The zero-order chi connectivity index (χ0) is 40.2. The number of halogens is 9. The van der Waals surface area contributed by atoms with E-state index >= 15 is 8.78 Å². The second kappa shape index (κ2) is 14.6. The summed E-state index contributed by atoms with van der Waals surface area (Å²) >= 11 is 18.8. The second-order valence-electron chi connectivity index (χ2n) is 13.9. The fraction of sp³-hybridized carbons (Fsp3) is 0.371. The van der Waals surface area contributed by atoms with Gasteiger partial charge in [-0.1, -0.05) is 17.7 Å². The summed E-state index contributed by atoms with van der Waals surface area (Å²) in [6.07, 6.45) is -7.97. The van der Waals surface area contributed by atoms with Gasteiger partial charge in [0, 0.05) is 18.7 Å². The van der Waals surface area contributed by atoms with E-state index in [-0.39, 0.29) is 26.7 Å². The molecule has 0 saturated heterocycles. The van der Waals surface area contributed by atoms with Crippen LogP contribution in [0.3, 0.4) is 0 Å². The van der Waals surface area contributed by atoms with Crippen molar-refractivity contribution in [3.63, 3.8) is 0 Å². The molecule has 0 radical (unpaired) electrons. The van der Waals surface area contributed by atoms with Crippen LogP contribution in [0.2, 0.25) is 5.02 Å². The summed E-state index contributed by atoms with van der Waals surface area (Å²) in [5.74, 6) is -8.79. The molecule has 0 spiro atoms. The SMILES string of the molecule is CN(C(=O)c1cc(NC(=O)[C@H]2C(c3ccc(F)c(C(F)(F)F)c3)C2(Cl)Cl)ccc1Cl)c1ccc(F)c(N(C(=O)OC(C)(C)C)C(=O)OC(C)(C)C)c1F. The molecule has 2 atom stereocenters. The lowest BCUT2D eigenvalue weighted by atomic mass is 10.0. The smallest absolute Gasteiger partial charge is 0.424 e. The minimum absolute atomic E-state index is 0.0287. The first-order valence-corrected chi connectivity index (χ1v) is 16.7. The summed E-state index contributed by atoms with van der Waals surface area (Å²) in [7, 11) is 1.08. The standard InChI is InChI=1S/C35H32Cl3F6N3O6/c1-32(2,3)52-30(50)47(31(51)53-33(4,5)6)27-22(40)12-13-23(26(27)41)46(7)29(49)18-15-17(9-10-20(18)36)45-28(48)25-24(34(25,37)38)16-8-11-21(39)19(14-16)35(42,43)44/h8-15,24-25H,1-7H3,(H,45,48)/t24?,25-/m1/s1. The van der Waals surface area contributed by atoms with Gasteiger partial charge in [-0.25, -0.2) is 22.8 Å². The monoisotopic (exact) mass is 809 g/mol. The van der Waals surface area contributed by atoms with E-state index in [1.165, 1.54) is 53.7 Å². The Labute approximate surface area is 315 Å². The first kappa shape index (κ1) is 41.5. The van der Waals surface area contributed by atoms with Crippen LogP contribution in [0.4, 0.5) is 53.0 Å². The Hall–Kier alpha value is -4.21. The van der Waals surface area contributed by atoms with Crippen LogP contribution in [0.5, 0.6) is 0 Å². The van der Waals surface area contributed by atoms with Gasteiger partial charge >= 0.3 is 18.4 Å². The van der Waals surface area contributed by atoms with Gasteiger partial charge in [0.25, 0.3) is 5.91 Å². The molecule has 0 aromatic heterocycles. The molecule has 0 heterocycles. The van der Waals surface area contributed by atoms with Crippen molar-refractivity contribution in [1.82, 2.24) is 0 Å². The molecule has 3 aromatic rings. The molecular weight excluding hydrogens is 779 g/mol. The van der Waals surface area contributed by atoms with Gasteiger partial charge in [0.1, 0.15) is 27.0 Å². The fourth-order valence-corrected chi connectivity index (χ4v) is 6.19. The summed E-state index contributed by atoms with van der Waals surface area (Å²) in [4.78, 5) is 53.9. The van der Waals surface area contributed by atoms with Crippen LogP contribution in [0.25, 0.3) is 0 Å². The molecule has 18 heteroatoms. The molecule has 0 bridgehead atoms. The van der Waals surface area contributed by atoms with Crippen LogP contribution < -0.4 is 15.1 Å². The maximum absolute atomic E-state index is 16.2. The van der Waals surface area contributed by atoms with E-state index in [9.17, 15) is 36.7 Å². The molecule has 1 aliphatic carbocycles. The van der Waals surface area contributed by atoms with Gasteiger partial charge < -0.3 is 19.7 Å². The normalized spacial score (nSPS) is 16.8. The molecular formula is C35H32Cl3F6N3O6. The second-order valence-corrected chi connectivity index (χ2v) is 15.8. The molecule has 1 unspecified atom stereocenters.